The van der Waals surface area contributed by atoms with Crippen LogP contribution in [0.4, 0.5) is 8.78 Å². The minimum absolute atomic E-state index is 0.236. The number of hydrogen-bond acceptors (Lipinski definition) is 3. The molecule has 0 aliphatic rings. The van der Waals surface area contributed by atoms with Crippen LogP contribution in [0.5, 0.6) is 0 Å². The first kappa shape index (κ1) is 11.3. The van der Waals surface area contributed by atoms with Gasteiger partial charge in [0.15, 0.2) is 0 Å². The molecule has 0 aromatic heterocycles. The van der Waals surface area contributed by atoms with Crippen LogP contribution in [-0.2, 0) is 9.53 Å². The highest BCUT2D eigenvalue weighted by Gasteiger charge is 2.36. The Balaban J connectivity index is 4.23. The maximum Gasteiger partial charge on any atom is 0.306 e. The van der Waals surface area contributed by atoms with Crippen molar-refractivity contribution in [2.45, 2.75) is 19.8 Å². The smallest absolute Gasteiger partial charge is 0.306 e. The fourth-order valence-electron chi connectivity index (χ4n) is 0.640. The minimum atomic E-state index is -2.61. The summed E-state index contributed by atoms with van der Waals surface area (Å²) in [4.78, 5) is 10.7. The molecule has 0 fully saturated rings. The fraction of sp³-hybridized carbons (Fsp3) is 0.857. The van der Waals surface area contributed by atoms with Crippen LogP contribution < -0.4 is 5.73 Å². The molecule has 0 radical (unpaired) electrons. The molecule has 0 spiro atoms. The van der Waals surface area contributed by atoms with Crippen LogP contribution in [0.25, 0.3) is 0 Å². The fourth-order valence-corrected chi connectivity index (χ4v) is 0.640. The molecule has 1 atom stereocenters. The van der Waals surface area contributed by atoms with Gasteiger partial charge in [0.2, 0.25) is 6.43 Å². The van der Waals surface area contributed by atoms with Gasteiger partial charge in [-0.1, -0.05) is 6.92 Å². The molecule has 1 unspecified atom stereocenters. The van der Waals surface area contributed by atoms with Gasteiger partial charge < -0.3 is 10.5 Å². The van der Waals surface area contributed by atoms with Gasteiger partial charge in [0.1, 0.15) is 0 Å². The van der Waals surface area contributed by atoms with Gasteiger partial charge in [0.05, 0.1) is 18.9 Å². The summed E-state index contributed by atoms with van der Waals surface area (Å²) in [5.41, 5.74) is 3.66. The first-order chi connectivity index (χ1) is 5.46. The molecule has 0 saturated carbocycles. The van der Waals surface area contributed by atoms with Crippen molar-refractivity contribution in [3.8, 4) is 0 Å². The lowest BCUT2D eigenvalue weighted by molar-refractivity contribution is -0.146. The topological polar surface area (TPSA) is 52.3 Å². The average Bonchev–Trinajstić information content (AvgIpc) is 2.03. The summed E-state index contributed by atoms with van der Waals surface area (Å²) in [6.07, 6.45) is -2.96. The van der Waals surface area contributed by atoms with Crippen LogP contribution in [0.15, 0.2) is 0 Å². The van der Waals surface area contributed by atoms with E-state index >= 15 is 0 Å². The Kier molecular flexibility index (Phi) is 4.09. The van der Waals surface area contributed by atoms with Crippen molar-refractivity contribution in [2.75, 3.05) is 13.7 Å². The van der Waals surface area contributed by atoms with Gasteiger partial charge in [-0.15, -0.1) is 0 Å². The van der Waals surface area contributed by atoms with Crippen molar-refractivity contribution in [2.24, 2.45) is 11.1 Å². The van der Waals surface area contributed by atoms with Crippen LogP contribution in [0.1, 0.15) is 13.3 Å². The van der Waals surface area contributed by atoms with E-state index in [9.17, 15) is 13.6 Å². The zero-order valence-corrected chi connectivity index (χ0v) is 7.14. The molecule has 0 amide bonds. The van der Waals surface area contributed by atoms with Crippen molar-refractivity contribution in [1.29, 1.82) is 0 Å². The van der Waals surface area contributed by atoms with Crippen molar-refractivity contribution >= 4 is 5.97 Å². The van der Waals surface area contributed by atoms with Gasteiger partial charge in [-0.2, -0.15) is 0 Å². The third-order valence-corrected chi connectivity index (χ3v) is 1.77. The SMILES string of the molecule is COC(=O)CC(C)(CN)C(F)F. The predicted molar refractivity (Wildman–Crippen MR) is 39.8 cm³/mol. The number of alkyl halides is 2. The third-order valence-electron chi connectivity index (χ3n) is 1.77. The molecular weight excluding hydrogens is 168 g/mol. The molecule has 72 valence electrons. The Morgan fingerprint density at radius 3 is 2.42 bits per heavy atom. The lowest BCUT2D eigenvalue weighted by Crippen LogP contribution is -2.36. The highest BCUT2D eigenvalue weighted by Crippen LogP contribution is 2.28. The molecule has 0 rings (SSSR count). The molecule has 5 heteroatoms. The van der Waals surface area contributed by atoms with E-state index in [4.69, 9.17) is 5.73 Å². The van der Waals surface area contributed by atoms with Crippen LogP contribution in [-0.4, -0.2) is 26.0 Å². The van der Waals surface area contributed by atoms with Crippen LogP contribution in [0, 0.1) is 5.41 Å². The number of rotatable bonds is 4. The molecular formula is C7H13F2NO2. The summed E-state index contributed by atoms with van der Waals surface area (Å²) in [5.74, 6) is -0.664. The molecule has 3 nitrogen and oxygen atoms in total. The number of ether oxygens (including phenoxy) is 1. The Labute approximate surface area is 69.9 Å². The number of esters is 1. The molecule has 0 aliphatic carbocycles. The normalized spacial score (nSPS) is 15.8. The monoisotopic (exact) mass is 181 g/mol. The molecule has 0 aromatic rings. The van der Waals surface area contributed by atoms with Gasteiger partial charge in [0, 0.05) is 6.54 Å². The highest BCUT2D eigenvalue weighted by atomic mass is 19.3. The van der Waals surface area contributed by atoms with E-state index in [0.717, 1.165) is 7.11 Å². The van der Waals surface area contributed by atoms with Crippen LogP contribution in [0.2, 0.25) is 0 Å². The van der Waals surface area contributed by atoms with Crippen molar-refractivity contribution < 1.29 is 18.3 Å². The Morgan fingerprint density at radius 1 is 1.67 bits per heavy atom. The summed E-state index contributed by atoms with van der Waals surface area (Å²) in [6, 6.07) is 0. The highest BCUT2D eigenvalue weighted by molar-refractivity contribution is 5.70. The van der Waals surface area contributed by atoms with E-state index in [2.05, 4.69) is 4.74 Å². The molecule has 0 bridgehead atoms. The molecule has 0 saturated heterocycles. The summed E-state index contributed by atoms with van der Waals surface area (Å²) >= 11 is 0. The van der Waals surface area contributed by atoms with Gasteiger partial charge in [0.25, 0.3) is 0 Å². The van der Waals surface area contributed by atoms with E-state index in [0.29, 0.717) is 0 Å². The second-order valence-corrected chi connectivity index (χ2v) is 2.91. The number of halogens is 2. The van der Waals surface area contributed by atoms with E-state index < -0.39 is 17.8 Å². The molecule has 12 heavy (non-hydrogen) atoms. The first-order valence-electron chi connectivity index (χ1n) is 3.51. The Morgan fingerprint density at radius 2 is 2.17 bits per heavy atom. The first-order valence-corrected chi connectivity index (χ1v) is 3.51. The Bertz CT molecular complexity index is 163. The quantitative estimate of drug-likeness (QED) is 0.652. The van der Waals surface area contributed by atoms with Gasteiger partial charge in [-0.25, -0.2) is 8.78 Å². The lowest BCUT2D eigenvalue weighted by Gasteiger charge is -2.25. The number of carbonyl (C=O) groups is 1. The third kappa shape index (κ3) is 2.73. The molecule has 0 heterocycles. The maximum atomic E-state index is 12.3. The number of carbonyl (C=O) groups excluding carboxylic acids is 1. The summed E-state index contributed by atoms with van der Waals surface area (Å²) in [6.45, 7) is 1.02. The standard InChI is InChI=1S/C7H13F2NO2/c1-7(4-10,6(8)9)3-5(11)12-2/h6H,3-4,10H2,1-2H3. The largest absolute Gasteiger partial charge is 0.469 e. The van der Waals surface area contributed by atoms with E-state index in [-0.39, 0.29) is 13.0 Å². The number of hydrogen-bond donors (Lipinski definition) is 1. The van der Waals surface area contributed by atoms with E-state index in [1.54, 1.807) is 0 Å². The average molecular weight is 181 g/mol. The van der Waals surface area contributed by atoms with Crippen molar-refractivity contribution in [1.82, 2.24) is 0 Å². The second-order valence-electron chi connectivity index (χ2n) is 2.91. The number of nitrogens with two attached hydrogens (primary N) is 1. The molecule has 0 aromatic carbocycles. The van der Waals surface area contributed by atoms with Crippen molar-refractivity contribution in [3.63, 3.8) is 0 Å². The molecule has 2 N–H and O–H groups in total. The lowest BCUT2D eigenvalue weighted by atomic mass is 9.87. The summed E-state index contributed by atoms with van der Waals surface area (Å²) in [5, 5.41) is 0. The van der Waals surface area contributed by atoms with Gasteiger partial charge >= 0.3 is 5.97 Å². The second kappa shape index (κ2) is 4.35. The zero-order chi connectivity index (χ0) is 9.78. The molecule has 0 aliphatic heterocycles. The Hall–Kier alpha value is -0.710. The van der Waals surface area contributed by atoms with Crippen LogP contribution in [0.3, 0.4) is 0 Å². The predicted octanol–water partition coefficient (Wildman–Crippen LogP) is 0.780. The summed E-state index contributed by atoms with van der Waals surface area (Å²) in [7, 11) is 1.16. The number of methoxy groups -OCH3 is 1. The maximum absolute atomic E-state index is 12.3. The van der Waals surface area contributed by atoms with Gasteiger partial charge in [-0.3, -0.25) is 4.79 Å². The van der Waals surface area contributed by atoms with Gasteiger partial charge in [-0.05, 0) is 0 Å². The van der Waals surface area contributed by atoms with Crippen LogP contribution >= 0.6 is 0 Å². The van der Waals surface area contributed by atoms with Crippen molar-refractivity contribution in [3.05, 3.63) is 0 Å². The van der Waals surface area contributed by atoms with E-state index in [1.165, 1.54) is 6.92 Å². The zero-order valence-electron chi connectivity index (χ0n) is 7.14. The van der Waals surface area contributed by atoms with E-state index in [1.807, 2.05) is 0 Å². The minimum Gasteiger partial charge on any atom is -0.469 e. The summed E-state index contributed by atoms with van der Waals surface area (Å²) < 4.78 is 28.9.